The fraction of sp³-hybridized carbons (Fsp3) is 0.600. The van der Waals surface area contributed by atoms with Crippen molar-refractivity contribution in [2.45, 2.75) is 46.3 Å². The van der Waals surface area contributed by atoms with Crippen molar-refractivity contribution in [3.63, 3.8) is 0 Å². The Kier molecular flexibility index (Phi) is 5.67. The molecule has 1 aromatic rings. The van der Waals surface area contributed by atoms with Crippen LogP contribution >= 0.6 is 15.9 Å². The van der Waals surface area contributed by atoms with Gasteiger partial charge < -0.3 is 10.0 Å². The van der Waals surface area contributed by atoms with Crippen molar-refractivity contribution in [3.8, 4) is 0 Å². The van der Waals surface area contributed by atoms with Crippen LogP contribution in [0.1, 0.15) is 45.8 Å². The molecule has 0 aliphatic carbocycles. The highest BCUT2D eigenvalue weighted by molar-refractivity contribution is 9.10. The number of aliphatic hydroxyl groups is 1. The quantitative estimate of drug-likeness (QED) is 0.872. The molecule has 0 saturated heterocycles. The molecule has 0 aliphatic rings. The van der Waals surface area contributed by atoms with Crippen LogP contribution in [0.15, 0.2) is 22.7 Å². The zero-order valence-corrected chi connectivity index (χ0v) is 13.5. The predicted molar refractivity (Wildman–Crippen MR) is 82.1 cm³/mol. The van der Waals surface area contributed by atoms with Crippen LogP contribution in [0.5, 0.6) is 0 Å². The van der Waals surface area contributed by atoms with Gasteiger partial charge in [-0.2, -0.15) is 0 Å². The molecule has 2 unspecified atom stereocenters. The molecule has 0 spiro atoms. The lowest BCUT2D eigenvalue weighted by molar-refractivity contribution is 0.199. The molecule has 0 aliphatic heterocycles. The standard InChI is InChI=1S/C15H24BrNO/c1-10(2)8-11(3)17(5)15-7-6-13(16)9-14(15)12(4)18/h6-7,9-12,18H,8H2,1-5H3. The van der Waals surface area contributed by atoms with Crippen molar-refractivity contribution in [3.05, 3.63) is 28.2 Å². The lowest BCUT2D eigenvalue weighted by Crippen LogP contribution is -2.31. The second-order valence-electron chi connectivity index (χ2n) is 5.47. The molecule has 0 saturated carbocycles. The van der Waals surface area contributed by atoms with Gasteiger partial charge in [0.1, 0.15) is 0 Å². The topological polar surface area (TPSA) is 23.5 Å². The molecule has 0 heterocycles. The summed E-state index contributed by atoms with van der Waals surface area (Å²) in [6.45, 7) is 8.52. The van der Waals surface area contributed by atoms with Crippen molar-refractivity contribution >= 4 is 21.6 Å². The molecule has 0 aromatic heterocycles. The molecule has 0 bridgehead atoms. The van der Waals surface area contributed by atoms with Crippen LogP contribution in [0.25, 0.3) is 0 Å². The van der Waals surface area contributed by atoms with Crippen molar-refractivity contribution in [2.24, 2.45) is 5.92 Å². The highest BCUT2D eigenvalue weighted by Crippen LogP contribution is 2.30. The second-order valence-corrected chi connectivity index (χ2v) is 6.38. The fourth-order valence-electron chi connectivity index (χ4n) is 2.26. The van der Waals surface area contributed by atoms with Crippen LogP contribution < -0.4 is 4.90 Å². The maximum atomic E-state index is 9.89. The molecule has 1 rings (SSSR count). The van der Waals surface area contributed by atoms with Gasteiger partial charge in [-0.05, 0) is 44.4 Å². The zero-order valence-electron chi connectivity index (χ0n) is 11.9. The Morgan fingerprint density at radius 3 is 2.33 bits per heavy atom. The molecule has 1 aromatic carbocycles. The lowest BCUT2D eigenvalue weighted by atomic mass is 10.0. The minimum atomic E-state index is -0.453. The van der Waals surface area contributed by atoms with E-state index in [-0.39, 0.29) is 0 Å². The van der Waals surface area contributed by atoms with Crippen molar-refractivity contribution < 1.29 is 5.11 Å². The molecule has 0 amide bonds. The third-order valence-corrected chi connectivity index (χ3v) is 3.79. The largest absolute Gasteiger partial charge is 0.389 e. The fourth-order valence-corrected chi connectivity index (χ4v) is 2.64. The maximum Gasteiger partial charge on any atom is 0.0782 e. The molecule has 18 heavy (non-hydrogen) atoms. The first-order valence-corrected chi connectivity index (χ1v) is 7.32. The van der Waals surface area contributed by atoms with E-state index in [4.69, 9.17) is 0 Å². The Morgan fingerprint density at radius 2 is 1.83 bits per heavy atom. The molecular weight excluding hydrogens is 290 g/mol. The van der Waals surface area contributed by atoms with E-state index < -0.39 is 6.10 Å². The van der Waals surface area contributed by atoms with Gasteiger partial charge in [0.15, 0.2) is 0 Å². The first-order valence-electron chi connectivity index (χ1n) is 6.53. The lowest BCUT2D eigenvalue weighted by Gasteiger charge is -2.31. The van der Waals surface area contributed by atoms with Crippen molar-refractivity contribution in [1.82, 2.24) is 0 Å². The summed E-state index contributed by atoms with van der Waals surface area (Å²) in [7, 11) is 2.10. The third-order valence-electron chi connectivity index (χ3n) is 3.29. The summed E-state index contributed by atoms with van der Waals surface area (Å²) in [5.74, 6) is 0.674. The van der Waals surface area contributed by atoms with Crippen LogP contribution in [0.2, 0.25) is 0 Å². The molecule has 3 heteroatoms. The molecular formula is C15H24BrNO. The van der Waals surface area contributed by atoms with Gasteiger partial charge in [0, 0.05) is 28.8 Å². The van der Waals surface area contributed by atoms with Crippen LogP contribution in [0.3, 0.4) is 0 Å². The van der Waals surface area contributed by atoms with E-state index in [1.165, 1.54) is 0 Å². The summed E-state index contributed by atoms with van der Waals surface area (Å²) < 4.78 is 1.01. The molecule has 0 fully saturated rings. The number of hydrogen-bond acceptors (Lipinski definition) is 2. The van der Waals surface area contributed by atoms with E-state index in [1.54, 1.807) is 0 Å². The van der Waals surface area contributed by atoms with Gasteiger partial charge in [0.05, 0.1) is 6.10 Å². The maximum absolute atomic E-state index is 9.89. The third kappa shape index (κ3) is 3.99. The Labute approximate surface area is 119 Å². The Balaban J connectivity index is 3.01. The Morgan fingerprint density at radius 1 is 1.22 bits per heavy atom. The van der Waals surface area contributed by atoms with Gasteiger partial charge in [-0.1, -0.05) is 29.8 Å². The number of benzene rings is 1. The average molecular weight is 314 g/mol. The smallest absolute Gasteiger partial charge is 0.0782 e. The van der Waals surface area contributed by atoms with Gasteiger partial charge >= 0.3 is 0 Å². The molecule has 2 nitrogen and oxygen atoms in total. The number of aliphatic hydroxyl groups excluding tert-OH is 1. The zero-order chi connectivity index (χ0) is 13.9. The van der Waals surface area contributed by atoms with Crippen molar-refractivity contribution in [1.29, 1.82) is 0 Å². The monoisotopic (exact) mass is 313 g/mol. The first-order chi connectivity index (χ1) is 8.32. The van der Waals surface area contributed by atoms with E-state index in [0.717, 1.165) is 22.1 Å². The van der Waals surface area contributed by atoms with Crippen LogP contribution in [-0.2, 0) is 0 Å². The van der Waals surface area contributed by atoms with Gasteiger partial charge in [0.25, 0.3) is 0 Å². The van der Waals surface area contributed by atoms with Gasteiger partial charge in [0.2, 0.25) is 0 Å². The van der Waals surface area contributed by atoms with E-state index in [1.807, 2.05) is 19.1 Å². The minimum absolute atomic E-state index is 0.453. The highest BCUT2D eigenvalue weighted by Gasteiger charge is 2.17. The minimum Gasteiger partial charge on any atom is -0.389 e. The Hall–Kier alpha value is -0.540. The Bertz CT molecular complexity index is 390. The van der Waals surface area contributed by atoms with Crippen LogP contribution in [0, 0.1) is 5.92 Å². The number of halogens is 1. The first kappa shape index (κ1) is 15.5. The number of anilines is 1. The summed E-state index contributed by atoms with van der Waals surface area (Å²) in [6, 6.07) is 6.56. The summed E-state index contributed by atoms with van der Waals surface area (Å²) in [5, 5.41) is 9.89. The normalized spacial score (nSPS) is 14.7. The van der Waals surface area contributed by atoms with Crippen LogP contribution in [0.4, 0.5) is 5.69 Å². The summed E-state index contributed by atoms with van der Waals surface area (Å²) in [4.78, 5) is 2.26. The van der Waals surface area contributed by atoms with E-state index in [0.29, 0.717) is 12.0 Å². The molecule has 2 atom stereocenters. The van der Waals surface area contributed by atoms with Crippen molar-refractivity contribution in [2.75, 3.05) is 11.9 Å². The van der Waals surface area contributed by atoms with Gasteiger partial charge in [-0.25, -0.2) is 0 Å². The van der Waals surface area contributed by atoms with Crippen LogP contribution in [-0.4, -0.2) is 18.2 Å². The van der Waals surface area contributed by atoms with Gasteiger partial charge in [-0.3, -0.25) is 0 Å². The molecule has 0 radical (unpaired) electrons. The highest BCUT2D eigenvalue weighted by atomic mass is 79.9. The van der Waals surface area contributed by atoms with Gasteiger partial charge in [-0.15, -0.1) is 0 Å². The summed E-state index contributed by atoms with van der Waals surface area (Å²) >= 11 is 3.46. The summed E-state index contributed by atoms with van der Waals surface area (Å²) in [6.07, 6.45) is 0.692. The predicted octanol–water partition coefficient (Wildman–Crippen LogP) is 4.37. The molecule has 102 valence electrons. The number of hydrogen-bond donors (Lipinski definition) is 1. The average Bonchev–Trinajstić information content (AvgIpc) is 2.26. The molecule has 1 N–H and O–H groups in total. The van der Waals surface area contributed by atoms with E-state index in [9.17, 15) is 5.11 Å². The van der Waals surface area contributed by atoms with E-state index in [2.05, 4.69) is 54.7 Å². The van der Waals surface area contributed by atoms with E-state index >= 15 is 0 Å². The summed E-state index contributed by atoms with van der Waals surface area (Å²) in [5.41, 5.74) is 2.09. The SMILES string of the molecule is CC(C)CC(C)N(C)c1ccc(Br)cc1C(C)O. The second kappa shape index (κ2) is 6.58. The number of nitrogens with zero attached hydrogens (tertiary/aromatic N) is 1. The number of rotatable bonds is 5.